The van der Waals surface area contributed by atoms with E-state index in [2.05, 4.69) is 0 Å². The van der Waals surface area contributed by atoms with E-state index in [1.165, 1.54) is 0 Å². The Balaban J connectivity index is 1.55. The van der Waals surface area contributed by atoms with Gasteiger partial charge in [0.05, 0.1) is 19.5 Å². The van der Waals surface area contributed by atoms with Crippen LogP contribution in [0.1, 0.15) is 18.4 Å². The van der Waals surface area contributed by atoms with Gasteiger partial charge in [-0.2, -0.15) is 0 Å². The molecule has 3 rings (SSSR count). The van der Waals surface area contributed by atoms with E-state index in [0.717, 1.165) is 18.4 Å². The minimum atomic E-state index is -0.607. The van der Waals surface area contributed by atoms with Crippen molar-refractivity contribution in [2.24, 2.45) is 5.92 Å². The Morgan fingerprint density at radius 1 is 1.28 bits per heavy atom. The number of carbonyl (C=O) groups excluding carboxylic acids is 1. The van der Waals surface area contributed by atoms with Crippen LogP contribution < -0.4 is 0 Å². The molecule has 0 bridgehead atoms. The standard InChI is InChI=1S/C14H17NO3/c16-12-5-1-10(2-6-12)7-13(17)15-8-14(18,9-15)11-3-4-11/h1-2,5-6,11,16,18H,3-4,7-9H2. The van der Waals surface area contributed by atoms with Gasteiger partial charge in [0, 0.05) is 0 Å². The molecular weight excluding hydrogens is 230 g/mol. The third-order valence-corrected chi connectivity index (χ3v) is 3.91. The second-order valence-electron chi connectivity index (χ2n) is 5.47. The highest BCUT2D eigenvalue weighted by atomic mass is 16.3. The summed E-state index contributed by atoms with van der Waals surface area (Å²) in [6, 6.07) is 6.67. The Bertz CT molecular complexity index is 458. The first kappa shape index (κ1) is 11.5. The fourth-order valence-corrected chi connectivity index (χ4v) is 2.57. The molecule has 4 nitrogen and oxygen atoms in total. The lowest BCUT2D eigenvalue weighted by Crippen LogP contribution is -2.65. The summed E-state index contributed by atoms with van der Waals surface area (Å²) in [5.41, 5.74) is 0.282. The number of phenols is 1. The third-order valence-electron chi connectivity index (χ3n) is 3.91. The lowest BCUT2D eigenvalue weighted by atomic mass is 9.88. The zero-order valence-electron chi connectivity index (χ0n) is 10.2. The predicted molar refractivity (Wildman–Crippen MR) is 66.1 cm³/mol. The van der Waals surface area contributed by atoms with Crippen LogP contribution >= 0.6 is 0 Å². The molecule has 96 valence electrons. The van der Waals surface area contributed by atoms with Gasteiger partial charge in [0.25, 0.3) is 0 Å². The lowest BCUT2D eigenvalue weighted by molar-refractivity contribution is -0.158. The van der Waals surface area contributed by atoms with E-state index in [-0.39, 0.29) is 11.7 Å². The number of nitrogens with zero attached hydrogens (tertiary/aromatic N) is 1. The summed E-state index contributed by atoms with van der Waals surface area (Å²) in [7, 11) is 0. The maximum atomic E-state index is 12.0. The number of phenolic OH excluding ortho intramolecular Hbond substituents is 1. The molecule has 1 saturated carbocycles. The SMILES string of the molecule is O=C(Cc1ccc(O)cc1)N1CC(O)(C2CC2)C1. The van der Waals surface area contributed by atoms with E-state index in [1.54, 1.807) is 29.2 Å². The summed E-state index contributed by atoms with van der Waals surface area (Å²) in [6.45, 7) is 0.961. The Kier molecular flexibility index (Phi) is 2.55. The van der Waals surface area contributed by atoms with Crippen molar-refractivity contribution in [2.45, 2.75) is 24.9 Å². The fourth-order valence-electron chi connectivity index (χ4n) is 2.57. The molecule has 1 aromatic carbocycles. The summed E-state index contributed by atoms with van der Waals surface area (Å²) < 4.78 is 0. The largest absolute Gasteiger partial charge is 0.508 e. The van der Waals surface area contributed by atoms with Gasteiger partial charge in [0.15, 0.2) is 0 Å². The van der Waals surface area contributed by atoms with Crippen LogP contribution in [-0.4, -0.2) is 39.7 Å². The maximum Gasteiger partial charge on any atom is 0.227 e. The first-order valence-corrected chi connectivity index (χ1v) is 6.35. The van der Waals surface area contributed by atoms with Crippen molar-refractivity contribution >= 4 is 5.91 Å². The second kappa shape index (κ2) is 3.99. The molecule has 0 aromatic heterocycles. The smallest absolute Gasteiger partial charge is 0.227 e. The monoisotopic (exact) mass is 247 g/mol. The van der Waals surface area contributed by atoms with Crippen LogP contribution in [0.4, 0.5) is 0 Å². The highest BCUT2D eigenvalue weighted by molar-refractivity contribution is 5.80. The molecule has 1 aliphatic carbocycles. The number of hydrogen-bond acceptors (Lipinski definition) is 3. The molecule has 18 heavy (non-hydrogen) atoms. The minimum absolute atomic E-state index is 0.0472. The molecule has 0 atom stereocenters. The van der Waals surface area contributed by atoms with Crippen LogP contribution in [0.2, 0.25) is 0 Å². The van der Waals surface area contributed by atoms with Crippen LogP contribution in [0.25, 0.3) is 0 Å². The predicted octanol–water partition coefficient (Wildman–Crippen LogP) is 0.918. The Hall–Kier alpha value is -1.55. The molecular formula is C14H17NO3. The van der Waals surface area contributed by atoms with Gasteiger partial charge in [0.1, 0.15) is 11.4 Å². The molecule has 0 spiro atoms. The molecule has 1 saturated heterocycles. The molecule has 0 radical (unpaired) electrons. The molecule has 2 aliphatic rings. The number of hydrogen-bond donors (Lipinski definition) is 2. The van der Waals surface area contributed by atoms with Gasteiger partial charge in [-0.25, -0.2) is 0 Å². The van der Waals surface area contributed by atoms with Gasteiger partial charge in [-0.3, -0.25) is 4.79 Å². The maximum absolute atomic E-state index is 12.0. The van der Waals surface area contributed by atoms with Gasteiger partial charge >= 0.3 is 0 Å². The summed E-state index contributed by atoms with van der Waals surface area (Å²) in [5, 5.41) is 19.3. The van der Waals surface area contributed by atoms with E-state index in [0.29, 0.717) is 25.4 Å². The van der Waals surface area contributed by atoms with Crippen molar-refractivity contribution in [3.05, 3.63) is 29.8 Å². The number of benzene rings is 1. The molecule has 4 heteroatoms. The van der Waals surface area contributed by atoms with Crippen LogP contribution in [0.5, 0.6) is 5.75 Å². The van der Waals surface area contributed by atoms with Gasteiger partial charge in [-0.1, -0.05) is 12.1 Å². The first-order chi connectivity index (χ1) is 8.57. The van der Waals surface area contributed by atoms with E-state index in [9.17, 15) is 9.90 Å². The molecule has 1 amide bonds. The van der Waals surface area contributed by atoms with Crippen molar-refractivity contribution in [1.29, 1.82) is 0 Å². The fraction of sp³-hybridized carbons (Fsp3) is 0.500. The van der Waals surface area contributed by atoms with Crippen LogP contribution in [0.15, 0.2) is 24.3 Å². The minimum Gasteiger partial charge on any atom is -0.508 e. The quantitative estimate of drug-likeness (QED) is 0.835. The number of amides is 1. The third kappa shape index (κ3) is 2.08. The van der Waals surface area contributed by atoms with Crippen LogP contribution in [0.3, 0.4) is 0 Å². The van der Waals surface area contributed by atoms with Gasteiger partial charge in [-0.05, 0) is 36.5 Å². The Morgan fingerprint density at radius 2 is 1.89 bits per heavy atom. The van der Waals surface area contributed by atoms with Gasteiger partial charge in [-0.15, -0.1) is 0 Å². The molecule has 1 aromatic rings. The van der Waals surface area contributed by atoms with Crippen molar-refractivity contribution in [2.75, 3.05) is 13.1 Å². The van der Waals surface area contributed by atoms with Crippen molar-refractivity contribution < 1.29 is 15.0 Å². The summed E-state index contributed by atoms with van der Waals surface area (Å²) >= 11 is 0. The average molecular weight is 247 g/mol. The molecule has 0 unspecified atom stereocenters. The zero-order chi connectivity index (χ0) is 12.8. The Labute approximate surface area is 106 Å². The number of likely N-dealkylation sites (tertiary alicyclic amines) is 1. The zero-order valence-corrected chi connectivity index (χ0v) is 10.2. The number of aromatic hydroxyl groups is 1. The molecule has 1 aliphatic heterocycles. The van der Waals surface area contributed by atoms with Crippen molar-refractivity contribution in [3.8, 4) is 5.75 Å². The van der Waals surface area contributed by atoms with Crippen molar-refractivity contribution in [1.82, 2.24) is 4.90 Å². The van der Waals surface area contributed by atoms with Gasteiger partial charge in [0.2, 0.25) is 5.91 Å². The van der Waals surface area contributed by atoms with Crippen LogP contribution in [-0.2, 0) is 11.2 Å². The first-order valence-electron chi connectivity index (χ1n) is 6.35. The van der Waals surface area contributed by atoms with E-state index >= 15 is 0 Å². The van der Waals surface area contributed by atoms with Gasteiger partial charge < -0.3 is 15.1 Å². The average Bonchev–Trinajstić information content (AvgIpc) is 3.12. The summed E-state index contributed by atoms with van der Waals surface area (Å²) in [5.74, 6) is 0.666. The van der Waals surface area contributed by atoms with E-state index in [4.69, 9.17) is 5.11 Å². The normalized spacial score (nSPS) is 21.5. The molecule has 2 N–H and O–H groups in total. The summed E-state index contributed by atoms with van der Waals surface area (Å²) in [4.78, 5) is 13.7. The number of β-amino-alcohol motifs (C(OH)–C–C–N with tert-alkyl or cyclic N) is 1. The topological polar surface area (TPSA) is 60.8 Å². The highest BCUT2D eigenvalue weighted by Gasteiger charge is 2.53. The van der Waals surface area contributed by atoms with E-state index in [1.807, 2.05) is 0 Å². The molecule has 1 heterocycles. The Morgan fingerprint density at radius 3 is 2.44 bits per heavy atom. The summed E-state index contributed by atoms with van der Waals surface area (Å²) in [6.07, 6.45) is 2.52. The number of carbonyl (C=O) groups is 1. The van der Waals surface area contributed by atoms with Crippen LogP contribution in [0, 0.1) is 5.92 Å². The van der Waals surface area contributed by atoms with Crippen molar-refractivity contribution in [3.63, 3.8) is 0 Å². The molecule has 2 fully saturated rings. The number of rotatable bonds is 3. The lowest BCUT2D eigenvalue weighted by Gasteiger charge is -2.47. The number of aliphatic hydroxyl groups is 1. The van der Waals surface area contributed by atoms with E-state index < -0.39 is 5.60 Å². The second-order valence-corrected chi connectivity index (χ2v) is 5.47. The highest BCUT2D eigenvalue weighted by Crippen LogP contribution is 2.44.